The number of aliphatic carboxylic acids is 1. The fourth-order valence-corrected chi connectivity index (χ4v) is 4.25. The molecule has 0 saturated heterocycles. The molecule has 5 atom stereocenters. The molecular formula is C25H32O6. The number of furan rings is 1. The van der Waals surface area contributed by atoms with E-state index >= 15 is 0 Å². The van der Waals surface area contributed by atoms with Crippen LogP contribution >= 0.6 is 0 Å². The first kappa shape index (κ1) is 23.3. The summed E-state index contributed by atoms with van der Waals surface area (Å²) >= 11 is 0. The fourth-order valence-electron chi connectivity index (χ4n) is 4.25. The van der Waals surface area contributed by atoms with Crippen LogP contribution in [0.3, 0.4) is 0 Å². The lowest BCUT2D eigenvalue weighted by Gasteiger charge is -2.19. The predicted octanol–water partition coefficient (Wildman–Crippen LogP) is 3.84. The average molecular weight is 429 g/mol. The van der Waals surface area contributed by atoms with Crippen molar-refractivity contribution in [2.45, 2.75) is 63.3 Å². The van der Waals surface area contributed by atoms with Crippen molar-refractivity contribution in [1.29, 1.82) is 0 Å². The summed E-state index contributed by atoms with van der Waals surface area (Å²) in [6.45, 7) is 0. The molecule has 6 heteroatoms. The smallest absolute Gasteiger partial charge is 0.303 e. The number of carboxylic acid groups (broad SMARTS) is 1. The highest BCUT2D eigenvalue weighted by molar-refractivity contribution is 5.77. The van der Waals surface area contributed by atoms with Gasteiger partial charge >= 0.3 is 5.97 Å². The van der Waals surface area contributed by atoms with Gasteiger partial charge in [0.2, 0.25) is 0 Å². The van der Waals surface area contributed by atoms with E-state index < -0.39 is 24.3 Å². The number of aryl methyl sites for hydroxylation is 1. The van der Waals surface area contributed by atoms with Gasteiger partial charge < -0.3 is 24.8 Å². The normalized spacial score (nSPS) is 25.1. The van der Waals surface area contributed by atoms with Crippen LogP contribution < -0.4 is 0 Å². The summed E-state index contributed by atoms with van der Waals surface area (Å²) in [6, 6.07) is 9.79. The van der Waals surface area contributed by atoms with Gasteiger partial charge in [-0.2, -0.15) is 0 Å². The van der Waals surface area contributed by atoms with Gasteiger partial charge in [0.1, 0.15) is 11.3 Å². The Morgan fingerprint density at radius 2 is 2.00 bits per heavy atom. The highest BCUT2D eigenvalue weighted by Crippen LogP contribution is 2.36. The minimum atomic E-state index is -0.799. The van der Waals surface area contributed by atoms with Gasteiger partial charge in [-0.05, 0) is 43.7 Å². The van der Waals surface area contributed by atoms with E-state index in [4.69, 9.17) is 9.52 Å². The molecule has 3 rings (SSSR count). The summed E-state index contributed by atoms with van der Waals surface area (Å²) in [4.78, 5) is 10.5. The second-order valence-electron chi connectivity index (χ2n) is 8.35. The Balaban J connectivity index is 1.49. The molecule has 0 bridgehead atoms. The van der Waals surface area contributed by atoms with Gasteiger partial charge in [0.25, 0.3) is 0 Å². The molecule has 4 N–H and O–H groups in total. The Kier molecular flexibility index (Phi) is 8.46. The number of rotatable bonds is 11. The van der Waals surface area contributed by atoms with Crippen molar-refractivity contribution in [3.63, 3.8) is 0 Å². The zero-order valence-electron chi connectivity index (χ0n) is 17.6. The number of unbranched alkanes of at least 4 members (excludes halogenated alkanes) is 1. The van der Waals surface area contributed by atoms with Gasteiger partial charge in [-0.25, -0.2) is 0 Å². The van der Waals surface area contributed by atoms with E-state index in [1.54, 1.807) is 6.08 Å². The maximum atomic E-state index is 10.5. The van der Waals surface area contributed by atoms with E-state index in [1.165, 1.54) is 0 Å². The molecule has 0 unspecified atom stereocenters. The van der Waals surface area contributed by atoms with Crippen LogP contribution in [0, 0.1) is 11.8 Å². The molecule has 168 valence electrons. The van der Waals surface area contributed by atoms with E-state index in [1.807, 2.05) is 48.6 Å². The minimum Gasteiger partial charge on any atom is -0.481 e. The number of hydrogen-bond acceptors (Lipinski definition) is 5. The molecule has 1 aromatic carbocycles. The molecule has 1 fully saturated rings. The molecular weight excluding hydrogens is 396 g/mol. The summed E-state index contributed by atoms with van der Waals surface area (Å²) < 4.78 is 5.78. The molecule has 1 saturated carbocycles. The SMILES string of the molecule is O=C(O)CCC/C=C\C[C@@H]1[C@@H](/C=C/[C@@H](O)CCc2cc3ccccc3o2)[C@H](O)C[C@@H]1O. The molecule has 1 aliphatic carbocycles. The third-order valence-electron chi connectivity index (χ3n) is 5.97. The molecule has 31 heavy (non-hydrogen) atoms. The first-order valence-electron chi connectivity index (χ1n) is 11.0. The fraction of sp³-hybridized carbons (Fsp3) is 0.480. The standard InChI is InChI=1S/C25H32O6/c26-18(11-13-19-15-17-7-5-6-9-24(17)31-19)12-14-21-20(22(27)16-23(21)28)8-3-1-2-4-10-25(29)30/h1,3,5-7,9,12,14-15,18,20-23,26-28H,2,4,8,10-11,13,16H2,(H,29,30)/b3-1-,14-12+/t18-,20+,21+,22-,23+/m0/s1. The van der Waals surface area contributed by atoms with Crippen molar-refractivity contribution >= 4 is 16.9 Å². The van der Waals surface area contributed by atoms with Gasteiger partial charge in [-0.3, -0.25) is 4.79 Å². The minimum absolute atomic E-state index is 0.121. The van der Waals surface area contributed by atoms with E-state index in [0.29, 0.717) is 38.5 Å². The summed E-state index contributed by atoms with van der Waals surface area (Å²) in [5, 5.41) is 40.7. The van der Waals surface area contributed by atoms with Crippen LogP contribution in [-0.2, 0) is 11.2 Å². The quantitative estimate of drug-likeness (QED) is 0.320. The van der Waals surface area contributed by atoms with Gasteiger partial charge in [0.15, 0.2) is 0 Å². The maximum Gasteiger partial charge on any atom is 0.303 e. The zero-order valence-corrected chi connectivity index (χ0v) is 17.6. The van der Waals surface area contributed by atoms with Crippen molar-refractivity contribution in [2.24, 2.45) is 11.8 Å². The van der Waals surface area contributed by atoms with Crippen LogP contribution in [0.5, 0.6) is 0 Å². The number of fused-ring (bicyclic) bond motifs is 1. The van der Waals surface area contributed by atoms with Crippen LogP contribution in [0.2, 0.25) is 0 Å². The Labute approximate surface area is 182 Å². The van der Waals surface area contributed by atoms with E-state index in [-0.39, 0.29) is 18.3 Å². The third kappa shape index (κ3) is 6.79. The summed E-state index contributed by atoms with van der Waals surface area (Å²) in [6.07, 6.45) is 8.98. The largest absolute Gasteiger partial charge is 0.481 e. The molecule has 1 aliphatic rings. The monoisotopic (exact) mass is 428 g/mol. The Bertz CT molecular complexity index is 865. The lowest BCUT2D eigenvalue weighted by Crippen LogP contribution is -2.20. The van der Waals surface area contributed by atoms with Gasteiger partial charge in [-0.15, -0.1) is 0 Å². The molecule has 0 radical (unpaired) electrons. The van der Waals surface area contributed by atoms with Gasteiger partial charge in [0, 0.05) is 30.6 Å². The first-order valence-corrected chi connectivity index (χ1v) is 11.0. The molecule has 0 amide bonds. The van der Waals surface area contributed by atoms with E-state index in [9.17, 15) is 20.1 Å². The summed E-state index contributed by atoms with van der Waals surface area (Å²) in [5.74, 6) is -0.313. The Hall–Kier alpha value is -2.41. The second kappa shape index (κ2) is 11.3. The second-order valence-corrected chi connectivity index (χ2v) is 8.35. The molecule has 0 spiro atoms. The van der Waals surface area contributed by atoms with Gasteiger partial charge in [0.05, 0.1) is 18.3 Å². The zero-order chi connectivity index (χ0) is 22.2. The Morgan fingerprint density at radius 1 is 1.19 bits per heavy atom. The Morgan fingerprint density at radius 3 is 2.77 bits per heavy atom. The maximum absolute atomic E-state index is 10.5. The van der Waals surface area contributed by atoms with Crippen molar-refractivity contribution in [3.05, 3.63) is 60.4 Å². The number of carbonyl (C=O) groups is 1. The van der Waals surface area contributed by atoms with Crippen molar-refractivity contribution in [2.75, 3.05) is 0 Å². The number of aliphatic hydroxyl groups excluding tert-OH is 3. The van der Waals surface area contributed by atoms with Gasteiger partial charge in [-0.1, -0.05) is 42.5 Å². The number of benzene rings is 1. The molecule has 0 aliphatic heterocycles. The molecule has 1 aromatic heterocycles. The predicted molar refractivity (Wildman–Crippen MR) is 119 cm³/mol. The number of carboxylic acids is 1. The first-order chi connectivity index (χ1) is 14.9. The lowest BCUT2D eigenvalue weighted by atomic mass is 9.89. The van der Waals surface area contributed by atoms with Crippen LogP contribution in [0.15, 0.2) is 59.1 Å². The number of hydrogen-bond donors (Lipinski definition) is 4. The van der Waals surface area contributed by atoms with E-state index in [2.05, 4.69) is 0 Å². The summed E-state index contributed by atoms with van der Waals surface area (Å²) in [7, 11) is 0. The topological polar surface area (TPSA) is 111 Å². The van der Waals surface area contributed by atoms with Crippen LogP contribution in [-0.4, -0.2) is 44.7 Å². The molecule has 2 aromatic rings. The highest BCUT2D eigenvalue weighted by Gasteiger charge is 2.39. The van der Waals surface area contributed by atoms with Crippen molar-refractivity contribution < 1.29 is 29.6 Å². The van der Waals surface area contributed by atoms with Crippen LogP contribution in [0.4, 0.5) is 0 Å². The highest BCUT2D eigenvalue weighted by atomic mass is 16.4. The lowest BCUT2D eigenvalue weighted by molar-refractivity contribution is -0.137. The third-order valence-corrected chi connectivity index (χ3v) is 5.97. The number of allylic oxidation sites excluding steroid dienone is 2. The molecule has 6 nitrogen and oxygen atoms in total. The summed E-state index contributed by atoms with van der Waals surface area (Å²) in [5.41, 5.74) is 0.837. The average Bonchev–Trinajstić information content (AvgIpc) is 3.27. The molecule has 1 heterocycles. The van der Waals surface area contributed by atoms with E-state index in [0.717, 1.165) is 16.7 Å². The number of para-hydroxylation sites is 1. The van der Waals surface area contributed by atoms with Crippen LogP contribution in [0.1, 0.15) is 44.3 Å². The number of aliphatic hydroxyl groups is 3. The van der Waals surface area contributed by atoms with Crippen molar-refractivity contribution in [1.82, 2.24) is 0 Å². The van der Waals surface area contributed by atoms with Crippen LogP contribution in [0.25, 0.3) is 11.0 Å². The van der Waals surface area contributed by atoms with Crippen molar-refractivity contribution in [3.8, 4) is 0 Å².